The smallest absolute Gasteiger partial charge is 0.388 e. The maximum absolute atomic E-state index is 12.2. The molecule has 0 atom stereocenters. The number of unbranched alkanes of at least 4 members (excludes halogenated alkanes) is 2. The molecule has 0 amide bonds. The molecule has 1 heterocycles. The van der Waals surface area contributed by atoms with E-state index in [2.05, 4.69) is 16.6 Å². The van der Waals surface area contributed by atoms with Crippen molar-refractivity contribution in [3.63, 3.8) is 0 Å². The average molecular weight is 380 g/mol. The summed E-state index contributed by atoms with van der Waals surface area (Å²) in [7, 11) is 0. The van der Waals surface area contributed by atoms with Crippen LogP contribution >= 0.6 is 0 Å². The second kappa shape index (κ2) is 10.4. The summed E-state index contributed by atoms with van der Waals surface area (Å²) in [5, 5.41) is 0. The van der Waals surface area contributed by atoms with Gasteiger partial charge in [0.05, 0.1) is 0 Å². The first-order valence-corrected chi connectivity index (χ1v) is 11.1. The number of hydrogen-bond donors (Lipinski definition) is 0. The molecule has 0 bridgehead atoms. The van der Waals surface area contributed by atoms with Gasteiger partial charge in [0.2, 0.25) is 5.88 Å². The van der Waals surface area contributed by atoms with Gasteiger partial charge in [-0.2, -0.15) is 8.78 Å². The first-order valence-electron chi connectivity index (χ1n) is 11.1. The summed E-state index contributed by atoms with van der Waals surface area (Å²) in [6.45, 7) is -0.518. The van der Waals surface area contributed by atoms with E-state index in [1.54, 1.807) is 12.3 Å². The maximum Gasteiger partial charge on any atom is 0.388 e. The fourth-order valence-electron chi connectivity index (χ4n) is 5.35. The van der Waals surface area contributed by atoms with Crippen LogP contribution in [-0.2, 0) is 0 Å². The number of nitrogens with zero attached hydrogens (tertiary/aromatic N) is 1. The Labute approximate surface area is 163 Å². The van der Waals surface area contributed by atoms with Crippen LogP contribution in [0.25, 0.3) is 0 Å². The Bertz CT molecular complexity index is 532. The van der Waals surface area contributed by atoms with Gasteiger partial charge < -0.3 is 4.74 Å². The Morgan fingerprint density at radius 2 is 1.63 bits per heavy atom. The summed E-state index contributed by atoms with van der Waals surface area (Å²) in [4.78, 5) is 4.04. The molecule has 0 N–H and O–H groups in total. The predicted molar refractivity (Wildman–Crippen MR) is 105 cm³/mol. The van der Waals surface area contributed by atoms with Crippen LogP contribution in [0.4, 0.5) is 8.78 Å². The Hall–Kier alpha value is -1.19. The lowest BCUT2D eigenvalue weighted by atomic mass is 9.68. The van der Waals surface area contributed by atoms with Crippen LogP contribution in [0, 0.1) is 17.8 Å². The molecule has 152 valence electrons. The van der Waals surface area contributed by atoms with E-state index < -0.39 is 6.61 Å². The van der Waals surface area contributed by atoms with Crippen molar-refractivity contribution >= 4 is 0 Å². The van der Waals surface area contributed by atoms with Crippen molar-refractivity contribution < 1.29 is 13.5 Å². The number of ether oxygens (including phenoxy) is 1. The molecule has 27 heavy (non-hydrogen) atoms. The standard InChI is InChI=1S/C23H35F2NO/c1-2-3-4-5-17-6-8-18(9-7-17)19-10-12-20(13-11-19)21-14-15-22(26-16-21)27-23(24)25/h14-20,23H,2-13H2,1H3/t17-,18-,19-,20-. The van der Waals surface area contributed by atoms with Crippen LogP contribution < -0.4 is 4.74 Å². The Balaban J connectivity index is 1.40. The van der Waals surface area contributed by atoms with E-state index in [1.807, 2.05) is 6.07 Å². The van der Waals surface area contributed by atoms with Crippen molar-refractivity contribution in [2.45, 2.75) is 96.5 Å². The SMILES string of the molecule is CCCCC[C@H]1CC[C@H]([C@H]2CC[C@H](c3ccc(OC(F)F)nc3)CC2)CC1. The van der Waals surface area contributed by atoms with Gasteiger partial charge in [-0.25, -0.2) is 4.98 Å². The molecule has 4 heteroatoms. The number of rotatable bonds is 8. The normalized spacial score (nSPS) is 29.0. The van der Waals surface area contributed by atoms with Crippen molar-refractivity contribution in [2.24, 2.45) is 17.8 Å². The summed E-state index contributed by atoms with van der Waals surface area (Å²) >= 11 is 0. The van der Waals surface area contributed by atoms with Gasteiger partial charge in [-0.15, -0.1) is 0 Å². The third-order valence-corrected chi connectivity index (χ3v) is 6.99. The zero-order chi connectivity index (χ0) is 19.1. The molecule has 2 saturated carbocycles. The van der Waals surface area contributed by atoms with Crippen LogP contribution in [0.5, 0.6) is 5.88 Å². The minimum Gasteiger partial charge on any atom is -0.417 e. The largest absolute Gasteiger partial charge is 0.417 e. The van der Waals surface area contributed by atoms with Crippen molar-refractivity contribution in [2.75, 3.05) is 0 Å². The second-order valence-corrected chi connectivity index (χ2v) is 8.70. The number of halogens is 2. The van der Waals surface area contributed by atoms with Crippen LogP contribution in [0.15, 0.2) is 18.3 Å². The third-order valence-electron chi connectivity index (χ3n) is 6.99. The van der Waals surface area contributed by atoms with Gasteiger partial charge in [-0.3, -0.25) is 0 Å². The molecule has 1 aromatic heterocycles. The van der Waals surface area contributed by atoms with Gasteiger partial charge >= 0.3 is 6.61 Å². The number of alkyl halides is 2. The highest BCUT2D eigenvalue weighted by molar-refractivity contribution is 5.21. The molecule has 2 nitrogen and oxygen atoms in total. The molecule has 0 radical (unpaired) electrons. The minimum atomic E-state index is -2.81. The van der Waals surface area contributed by atoms with E-state index in [4.69, 9.17) is 0 Å². The Morgan fingerprint density at radius 1 is 0.963 bits per heavy atom. The van der Waals surface area contributed by atoms with Crippen LogP contribution in [-0.4, -0.2) is 11.6 Å². The summed E-state index contributed by atoms with van der Waals surface area (Å²) in [5.74, 6) is 3.36. The molecule has 1 aromatic rings. The van der Waals surface area contributed by atoms with E-state index in [0.29, 0.717) is 5.92 Å². The van der Waals surface area contributed by atoms with Crippen molar-refractivity contribution in [3.05, 3.63) is 23.9 Å². The van der Waals surface area contributed by atoms with E-state index in [0.717, 1.165) is 17.8 Å². The highest BCUT2D eigenvalue weighted by Gasteiger charge is 2.31. The van der Waals surface area contributed by atoms with E-state index >= 15 is 0 Å². The Morgan fingerprint density at radius 3 is 2.19 bits per heavy atom. The zero-order valence-corrected chi connectivity index (χ0v) is 16.7. The quantitative estimate of drug-likeness (QED) is 0.441. The van der Waals surface area contributed by atoms with Crippen molar-refractivity contribution in [1.82, 2.24) is 4.98 Å². The monoisotopic (exact) mass is 379 g/mol. The van der Waals surface area contributed by atoms with Crippen molar-refractivity contribution in [1.29, 1.82) is 0 Å². The minimum absolute atomic E-state index is 0.0122. The second-order valence-electron chi connectivity index (χ2n) is 8.70. The molecule has 3 rings (SSSR count). The first-order chi connectivity index (χ1) is 13.2. The fourth-order valence-corrected chi connectivity index (χ4v) is 5.35. The molecule has 2 aliphatic carbocycles. The molecule has 2 fully saturated rings. The van der Waals surface area contributed by atoms with Gasteiger partial charge in [0, 0.05) is 12.3 Å². The van der Waals surface area contributed by atoms with E-state index in [9.17, 15) is 8.78 Å². The van der Waals surface area contributed by atoms with Crippen LogP contribution in [0.3, 0.4) is 0 Å². The average Bonchev–Trinajstić information content (AvgIpc) is 2.69. The van der Waals surface area contributed by atoms with Gasteiger partial charge in [-0.1, -0.05) is 51.5 Å². The highest BCUT2D eigenvalue weighted by Crippen LogP contribution is 2.44. The topological polar surface area (TPSA) is 22.1 Å². The fraction of sp³-hybridized carbons (Fsp3) is 0.783. The lowest BCUT2D eigenvalue weighted by molar-refractivity contribution is -0.0528. The molecule has 2 aliphatic rings. The number of aromatic nitrogens is 1. The Kier molecular flexibility index (Phi) is 7.90. The molecule has 0 aromatic carbocycles. The molecular formula is C23H35F2NO. The van der Waals surface area contributed by atoms with E-state index in [-0.39, 0.29) is 5.88 Å². The predicted octanol–water partition coefficient (Wildman–Crippen LogP) is 7.34. The molecule has 0 aliphatic heterocycles. The number of pyridine rings is 1. The van der Waals surface area contributed by atoms with Crippen LogP contribution in [0.2, 0.25) is 0 Å². The molecule has 0 unspecified atom stereocenters. The lowest BCUT2D eigenvalue weighted by Crippen LogP contribution is -2.25. The van der Waals surface area contributed by atoms with Gasteiger partial charge in [-0.05, 0) is 67.8 Å². The maximum atomic E-state index is 12.2. The number of hydrogen-bond acceptors (Lipinski definition) is 2. The molecule has 0 spiro atoms. The molecular weight excluding hydrogens is 344 g/mol. The van der Waals surface area contributed by atoms with Gasteiger partial charge in [0.15, 0.2) is 0 Å². The summed E-state index contributed by atoms with van der Waals surface area (Å²) in [6.07, 6.45) is 18.1. The molecule has 0 saturated heterocycles. The zero-order valence-electron chi connectivity index (χ0n) is 16.7. The summed E-state index contributed by atoms with van der Waals surface area (Å²) in [5.41, 5.74) is 1.18. The summed E-state index contributed by atoms with van der Waals surface area (Å²) in [6, 6.07) is 3.49. The van der Waals surface area contributed by atoms with Gasteiger partial charge in [0.1, 0.15) is 0 Å². The van der Waals surface area contributed by atoms with Crippen molar-refractivity contribution in [3.8, 4) is 5.88 Å². The summed E-state index contributed by atoms with van der Waals surface area (Å²) < 4.78 is 28.8. The van der Waals surface area contributed by atoms with E-state index in [1.165, 1.54) is 82.6 Å². The van der Waals surface area contributed by atoms with Crippen LogP contribution in [0.1, 0.15) is 95.5 Å². The lowest BCUT2D eigenvalue weighted by Gasteiger charge is -2.38. The van der Waals surface area contributed by atoms with Gasteiger partial charge in [0.25, 0.3) is 0 Å². The highest BCUT2D eigenvalue weighted by atomic mass is 19.3. The first kappa shape index (κ1) is 20.5. The third kappa shape index (κ3) is 6.15.